The zero-order chi connectivity index (χ0) is 10.3. The van der Waals surface area contributed by atoms with E-state index in [0.29, 0.717) is 0 Å². The quantitative estimate of drug-likeness (QED) is 0.742. The highest BCUT2D eigenvalue weighted by molar-refractivity contribution is 5.23. The van der Waals surface area contributed by atoms with Gasteiger partial charge in [0.05, 0.1) is 0 Å². The monoisotopic (exact) mass is 201 g/mol. The van der Waals surface area contributed by atoms with Crippen LogP contribution in [0.15, 0.2) is 30.3 Å². The van der Waals surface area contributed by atoms with Gasteiger partial charge in [-0.05, 0) is 49.5 Å². The molecule has 15 heavy (non-hydrogen) atoms. The zero-order valence-electron chi connectivity index (χ0n) is 9.15. The molecule has 0 radical (unpaired) electrons. The lowest BCUT2D eigenvalue weighted by Crippen LogP contribution is -2.50. The number of rotatable bonds is 1. The van der Waals surface area contributed by atoms with Crippen molar-refractivity contribution in [2.45, 2.75) is 43.6 Å². The first-order valence-corrected chi connectivity index (χ1v) is 6.11. The van der Waals surface area contributed by atoms with Gasteiger partial charge in [-0.3, -0.25) is 0 Å². The van der Waals surface area contributed by atoms with E-state index in [1.807, 2.05) is 0 Å². The zero-order valence-corrected chi connectivity index (χ0v) is 9.15. The molecule has 80 valence electrons. The van der Waals surface area contributed by atoms with Gasteiger partial charge in [-0.25, -0.2) is 0 Å². The Morgan fingerprint density at radius 3 is 2.33 bits per heavy atom. The van der Waals surface area contributed by atoms with Gasteiger partial charge in [-0.2, -0.15) is 0 Å². The Balaban J connectivity index is 1.89. The minimum Gasteiger partial charge on any atom is -0.325 e. The van der Waals surface area contributed by atoms with Crippen LogP contribution in [0.5, 0.6) is 0 Å². The van der Waals surface area contributed by atoms with Crippen molar-refractivity contribution in [1.29, 1.82) is 0 Å². The van der Waals surface area contributed by atoms with E-state index in [2.05, 4.69) is 30.3 Å². The van der Waals surface area contributed by atoms with E-state index in [4.69, 9.17) is 5.73 Å². The predicted octanol–water partition coefficient (Wildman–Crippen LogP) is 3.06. The summed E-state index contributed by atoms with van der Waals surface area (Å²) in [5, 5.41) is 0. The van der Waals surface area contributed by atoms with Gasteiger partial charge in [0.15, 0.2) is 0 Å². The molecule has 0 amide bonds. The first kappa shape index (κ1) is 9.41. The molecule has 2 bridgehead atoms. The topological polar surface area (TPSA) is 26.0 Å². The third-order valence-electron chi connectivity index (χ3n) is 4.45. The molecule has 4 rings (SSSR count). The minimum absolute atomic E-state index is 0.162. The SMILES string of the molecule is NC12CCC(CC1)C(c1ccccc1)C2. The molecule has 1 atom stereocenters. The summed E-state index contributed by atoms with van der Waals surface area (Å²) in [6, 6.07) is 11.0. The molecule has 0 saturated heterocycles. The Kier molecular flexibility index (Phi) is 2.10. The molecule has 3 aliphatic carbocycles. The van der Waals surface area contributed by atoms with E-state index in [1.165, 1.54) is 37.7 Å². The Morgan fingerprint density at radius 2 is 1.73 bits per heavy atom. The van der Waals surface area contributed by atoms with Crippen LogP contribution in [0.2, 0.25) is 0 Å². The predicted molar refractivity (Wildman–Crippen MR) is 62.7 cm³/mol. The van der Waals surface area contributed by atoms with Crippen molar-refractivity contribution < 1.29 is 0 Å². The molecule has 3 saturated carbocycles. The average molecular weight is 201 g/mol. The van der Waals surface area contributed by atoms with Gasteiger partial charge in [0.2, 0.25) is 0 Å². The highest BCUT2D eigenvalue weighted by atomic mass is 14.8. The van der Waals surface area contributed by atoms with E-state index in [1.54, 1.807) is 0 Å². The van der Waals surface area contributed by atoms with E-state index in [9.17, 15) is 0 Å². The summed E-state index contributed by atoms with van der Waals surface area (Å²) in [4.78, 5) is 0. The van der Waals surface area contributed by atoms with Crippen molar-refractivity contribution in [2.75, 3.05) is 0 Å². The van der Waals surface area contributed by atoms with Crippen LogP contribution in [-0.4, -0.2) is 5.54 Å². The maximum atomic E-state index is 6.42. The third kappa shape index (κ3) is 1.59. The van der Waals surface area contributed by atoms with Gasteiger partial charge < -0.3 is 5.73 Å². The van der Waals surface area contributed by atoms with Crippen LogP contribution in [0.3, 0.4) is 0 Å². The van der Waals surface area contributed by atoms with Gasteiger partial charge in [-0.1, -0.05) is 30.3 Å². The highest BCUT2D eigenvalue weighted by Crippen LogP contribution is 2.50. The van der Waals surface area contributed by atoms with Crippen molar-refractivity contribution in [2.24, 2.45) is 11.7 Å². The van der Waals surface area contributed by atoms with E-state index in [0.717, 1.165) is 11.8 Å². The maximum Gasteiger partial charge on any atom is 0.0160 e. The summed E-state index contributed by atoms with van der Waals surface area (Å²) in [5.41, 5.74) is 8.10. The smallest absolute Gasteiger partial charge is 0.0160 e. The van der Waals surface area contributed by atoms with Gasteiger partial charge in [0.25, 0.3) is 0 Å². The standard InChI is InChI=1S/C14H19N/c15-14-8-6-12(7-9-14)13(10-14)11-4-2-1-3-5-11/h1-5,12-13H,6-10,15H2. The number of benzene rings is 1. The summed E-state index contributed by atoms with van der Waals surface area (Å²) in [5.74, 6) is 1.64. The lowest BCUT2D eigenvalue weighted by atomic mass is 9.59. The van der Waals surface area contributed by atoms with Crippen LogP contribution < -0.4 is 5.73 Å². The highest BCUT2D eigenvalue weighted by Gasteiger charge is 2.43. The Labute approximate surface area is 91.7 Å². The Bertz CT molecular complexity index is 336. The molecule has 1 aromatic rings. The molecule has 2 N–H and O–H groups in total. The van der Waals surface area contributed by atoms with E-state index in [-0.39, 0.29) is 5.54 Å². The summed E-state index contributed by atoms with van der Waals surface area (Å²) >= 11 is 0. The second-order valence-corrected chi connectivity index (χ2v) is 5.42. The van der Waals surface area contributed by atoms with Gasteiger partial charge in [-0.15, -0.1) is 0 Å². The van der Waals surface area contributed by atoms with Gasteiger partial charge in [0, 0.05) is 5.54 Å². The summed E-state index contributed by atoms with van der Waals surface area (Å²) in [7, 11) is 0. The van der Waals surface area contributed by atoms with E-state index >= 15 is 0 Å². The molecule has 1 nitrogen and oxygen atoms in total. The molecular formula is C14H19N. The summed E-state index contributed by atoms with van der Waals surface area (Å²) in [6.45, 7) is 0. The number of nitrogens with two attached hydrogens (primary N) is 1. The molecular weight excluding hydrogens is 182 g/mol. The normalized spacial score (nSPS) is 39.3. The fourth-order valence-electron chi connectivity index (χ4n) is 3.52. The summed E-state index contributed by atoms with van der Waals surface area (Å²) < 4.78 is 0. The van der Waals surface area contributed by atoms with Crippen molar-refractivity contribution >= 4 is 0 Å². The molecule has 1 heteroatoms. The molecule has 1 aromatic carbocycles. The fourth-order valence-corrected chi connectivity index (χ4v) is 3.52. The van der Waals surface area contributed by atoms with Crippen LogP contribution in [-0.2, 0) is 0 Å². The van der Waals surface area contributed by atoms with Gasteiger partial charge in [0.1, 0.15) is 0 Å². The average Bonchev–Trinajstić information content (AvgIpc) is 2.30. The molecule has 3 aliphatic rings. The molecule has 3 fully saturated rings. The van der Waals surface area contributed by atoms with Crippen LogP contribution >= 0.6 is 0 Å². The number of hydrogen-bond donors (Lipinski definition) is 1. The van der Waals surface area contributed by atoms with Crippen molar-refractivity contribution in [1.82, 2.24) is 0 Å². The van der Waals surface area contributed by atoms with Crippen LogP contribution in [0.1, 0.15) is 43.6 Å². The Morgan fingerprint density at radius 1 is 1.07 bits per heavy atom. The van der Waals surface area contributed by atoms with Gasteiger partial charge >= 0.3 is 0 Å². The number of fused-ring (bicyclic) bond motifs is 3. The molecule has 1 unspecified atom stereocenters. The first-order valence-electron chi connectivity index (χ1n) is 6.11. The Hall–Kier alpha value is -0.820. The van der Waals surface area contributed by atoms with Crippen molar-refractivity contribution in [3.8, 4) is 0 Å². The summed E-state index contributed by atoms with van der Waals surface area (Å²) in [6.07, 6.45) is 6.40. The largest absolute Gasteiger partial charge is 0.325 e. The molecule has 0 spiro atoms. The molecule has 0 aromatic heterocycles. The van der Waals surface area contributed by atoms with Crippen molar-refractivity contribution in [3.63, 3.8) is 0 Å². The molecule has 0 aliphatic heterocycles. The second-order valence-electron chi connectivity index (χ2n) is 5.42. The van der Waals surface area contributed by atoms with Crippen LogP contribution in [0, 0.1) is 5.92 Å². The fraction of sp³-hybridized carbons (Fsp3) is 0.571. The second kappa shape index (κ2) is 3.34. The maximum absolute atomic E-state index is 6.42. The minimum atomic E-state index is 0.162. The number of hydrogen-bond acceptors (Lipinski definition) is 1. The van der Waals surface area contributed by atoms with E-state index < -0.39 is 0 Å². The van der Waals surface area contributed by atoms with Crippen molar-refractivity contribution in [3.05, 3.63) is 35.9 Å². The van der Waals surface area contributed by atoms with Crippen LogP contribution in [0.4, 0.5) is 0 Å². The lowest BCUT2D eigenvalue weighted by Gasteiger charge is -2.49. The molecule has 0 heterocycles. The lowest BCUT2D eigenvalue weighted by molar-refractivity contribution is 0.114. The first-order chi connectivity index (χ1) is 7.27. The third-order valence-corrected chi connectivity index (χ3v) is 4.45. The van der Waals surface area contributed by atoms with Crippen LogP contribution in [0.25, 0.3) is 0 Å².